The maximum Gasteiger partial charge on any atom is 0.218 e. The van der Waals surface area contributed by atoms with Crippen LogP contribution in [0.4, 0.5) is 0 Å². The molecule has 1 saturated heterocycles. The molecule has 0 amide bonds. The number of hydrogen-bond acceptors (Lipinski definition) is 4. The minimum atomic E-state index is 0. The Bertz CT molecular complexity index is 507. The zero-order valence-corrected chi connectivity index (χ0v) is 17.2. The first-order valence-corrected chi connectivity index (χ1v) is 8.80. The Morgan fingerprint density at radius 3 is 2.96 bits per heavy atom. The Labute approximate surface area is 160 Å². The number of nitrogens with one attached hydrogen (secondary N) is 2. The van der Waals surface area contributed by atoms with E-state index < -0.39 is 0 Å². The largest absolute Gasteiger partial charge is 0.478 e. The Morgan fingerprint density at radius 2 is 2.30 bits per heavy atom. The highest BCUT2D eigenvalue weighted by Gasteiger charge is 2.29. The Balaban J connectivity index is 0.00000264. The fourth-order valence-corrected chi connectivity index (χ4v) is 3.72. The minimum Gasteiger partial charge on any atom is -0.478 e. The van der Waals surface area contributed by atoms with E-state index >= 15 is 0 Å². The number of thioether (sulfide) groups is 1. The van der Waals surface area contributed by atoms with Crippen molar-refractivity contribution in [1.82, 2.24) is 15.6 Å². The van der Waals surface area contributed by atoms with Crippen LogP contribution in [0.3, 0.4) is 0 Å². The Morgan fingerprint density at radius 1 is 1.48 bits per heavy atom. The third-order valence-corrected chi connectivity index (χ3v) is 5.27. The molecule has 23 heavy (non-hydrogen) atoms. The summed E-state index contributed by atoms with van der Waals surface area (Å²) in [7, 11) is 1.80. The van der Waals surface area contributed by atoms with E-state index in [0.717, 1.165) is 18.1 Å². The molecule has 2 N–H and O–H groups in total. The second kappa shape index (κ2) is 10.2. The van der Waals surface area contributed by atoms with E-state index in [1.165, 1.54) is 18.6 Å². The van der Waals surface area contributed by atoms with E-state index in [1.807, 2.05) is 30.8 Å². The van der Waals surface area contributed by atoms with Crippen LogP contribution in [0, 0.1) is 0 Å². The first-order valence-electron chi connectivity index (χ1n) is 7.82. The van der Waals surface area contributed by atoms with E-state index in [0.29, 0.717) is 23.8 Å². The van der Waals surface area contributed by atoms with Crippen LogP contribution in [-0.2, 0) is 6.54 Å². The fourth-order valence-electron chi connectivity index (χ4n) is 2.47. The van der Waals surface area contributed by atoms with Gasteiger partial charge in [0.2, 0.25) is 5.88 Å². The van der Waals surface area contributed by atoms with Gasteiger partial charge in [0.1, 0.15) is 0 Å². The van der Waals surface area contributed by atoms with Gasteiger partial charge in [0.25, 0.3) is 0 Å². The van der Waals surface area contributed by atoms with E-state index in [2.05, 4.69) is 27.5 Å². The third kappa shape index (κ3) is 6.37. The average molecular weight is 450 g/mol. The summed E-state index contributed by atoms with van der Waals surface area (Å²) in [5.74, 6) is 2.77. The van der Waals surface area contributed by atoms with Crippen molar-refractivity contribution in [3.05, 3.63) is 23.9 Å². The van der Waals surface area contributed by atoms with Crippen LogP contribution < -0.4 is 15.4 Å². The van der Waals surface area contributed by atoms with Crippen molar-refractivity contribution in [2.24, 2.45) is 4.99 Å². The number of halogens is 1. The average Bonchev–Trinajstić information content (AvgIpc) is 2.96. The molecule has 0 bridgehead atoms. The summed E-state index contributed by atoms with van der Waals surface area (Å²) in [6.45, 7) is 6.48. The van der Waals surface area contributed by atoms with E-state index in [4.69, 9.17) is 4.74 Å². The number of hydrogen-bond donors (Lipinski definition) is 2. The van der Waals surface area contributed by atoms with Gasteiger partial charge in [-0.2, -0.15) is 11.8 Å². The predicted molar refractivity (Wildman–Crippen MR) is 109 cm³/mol. The van der Waals surface area contributed by atoms with E-state index in [9.17, 15) is 0 Å². The molecule has 1 aliphatic heterocycles. The van der Waals surface area contributed by atoms with Gasteiger partial charge in [0.05, 0.1) is 6.61 Å². The summed E-state index contributed by atoms with van der Waals surface area (Å²) in [6.07, 6.45) is 4.32. The second-order valence-corrected chi connectivity index (χ2v) is 7.26. The minimum absolute atomic E-state index is 0. The van der Waals surface area contributed by atoms with Crippen LogP contribution in [0.2, 0.25) is 0 Å². The number of aromatic nitrogens is 1. The van der Waals surface area contributed by atoms with Crippen LogP contribution >= 0.6 is 35.7 Å². The molecule has 2 heterocycles. The van der Waals surface area contributed by atoms with E-state index in [1.54, 1.807) is 13.2 Å². The Kier molecular flexibility index (Phi) is 9.04. The molecule has 1 fully saturated rings. The van der Waals surface area contributed by atoms with Crippen LogP contribution in [-0.4, -0.2) is 41.6 Å². The van der Waals surface area contributed by atoms with Gasteiger partial charge in [-0.15, -0.1) is 24.0 Å². The zero-order chi connectivity index (χ0) is 15.8. The smallest absolute Gasteiger partial charge is 0.218 e. The van der Waals surface area contributed by atoms with Crippen LogP contribution in [0.25, 0.3) is 0 Å². The third-order valence-electron chi connectivity index (χ3n) is 3.73. The van der Waals surface area contributed by atoms with Gasteiger partial charge in [-0.1, -0.05) is 6.07 Å². The molecule has 1 aliphatic rings. The van der Waals surface area contributed by atoms with Crippen LogP contribution in [0.1, 0.15) is 32.3 Å². The SMILES string of the molecule is CCOc1ncccc1CNC(=NC)NCC1(C)CCCS1.I. The molecule has 1 atom stereocenters. The second-order valence-electron chi connectivity index (χ2n) is 5.58. The molecule has 5 nitrogen and oxygen atoms in total. The summed E-state index contributed by atoms with van der Waals surface area (Å²) < 4.78 is 5.87. The van der Waals surface area contributed by atoms with Crippen molar-refractivity contribution in [1.29, 1.82) is 0 Å². The summed E-state index contributed by atoms with van der Waals surface area (Å²) in [5, 5.41) is 6.77. The molecule has 0 radical (unpaired) electrons. The normalized spacial score (nSPS) is 20.7. The number of nitrogens with zero attached hydrogens (tertiary/aromatic N) is 2. The number of guanidine groups is 1. The van der Waals surface area contributed by atoms with Gasteiger partial charge in [0.15, 0.2) is 5.96 Å². The number of aliphatic imine (C=N–C) groups is 1. The van der Waals surface area contributed by atoms with Crippen molar-refractivity contribution in [2.45, 2.75) is 38.0 Å². The maximum absolute atomic E-state index is 5.55. The summed E-state index contributed by atoms with van der Waals surface area (Å²) >= 11 is 2.05. The van der Waals surface area contributed by atoms with Gasteiger partial charge in [-0.25, -0.2) is 4.98 Å². The van der Waals surface area contributed by atoms with Gasteiger partial charge < -0.3 is 15.4 Å². The molecule has 7 heteroatoms. The van der Waals surface area contributed by atoms with Crippen molar-refractivity contribution >= 4 is 41.7 Å². The lowest BCUT2D eigenvalue weighted by molar-refractivity contribution is 0.322. The molecule has 1 aromatic heterocycles. The molecule has 130 valence electrons. The molecule has 2 rings (SSSR count). The monoisotopic (exact) mass is 450 g/mol. The molecule has 0 saturated carbocycles. The van der Waals surface area contributed by atoms with Crippen molar-refractivity contribution < 1.29 is 4.74 Å². The molecular weight excluding hydrogens is 423 g/mol. The summed E-state index contributed by atoms with van der Waals surface area (Å²) in [5.41, 5.74) is 1.04. The first-order chi connectivity index (χ1) is 10.7. The number of rotatable bonds is 6. The van der Waals surface area contributed by atoms with Crippen molar-refractivity contribution in [2.75, 3.05) is 26.0 Å². The lowest BCUT2D eigenvalue weighted by Crippen LogP contribution is -2.43. The topological polar surface area (TPSA) is 58.5 Å². The lowest BCUT2D eigenvalue weighted by Gasteiger charge is -2.24. The van der Waals surface area contributed by atoms with E-state index in [-0.39, 0.29) is 24.0 Å². The summed E-state index contributed by atoms with van der Waals surface area (Å²) in [6, 6.07) is 3.94. The van der Waals surface area contributed by atoms with Gasteiger partial charge in [-0.3, -0.25) is 4.99 Å². The van der Waals surface area contributed by atoms with Crippen molar-refractivity contribution in [3.63, 3.8) is 0 Å². The van der Waals surface area contributed by atoms with Crippen LogP contribution in [0.15, 0.2) is 23.3 Å². The fraction of sp³-hybridized carbons (Fsp3) is 0.625. The van der Waals surface area contributed by atoms with Gasteiger partial charge in [0, 0.05) is 36.6 Å². The van der Waals surface area contributed by atoms with Gasteiger partial charge in [-0.05, 0) is 38.5 Å². The maximum atomic E-state index is 5.55. The van der Waals surface area contributed by atoms with Crippen molar-refractivity contribution in [3.8, 4) is 5.88 Å². The lowest BCUT2D eigenvalue weighted by atomic mass is 10.1. The number of pyridine rings is 1. The zero-order valence-electron chi connectivity index (χ0n) is 14.1. The highest BCUT2D eigenvalue weighted by atomic mass is 127. The number of ether oxygens (including phenoxy) is 1. The molecule has 0 aliphatic carbocycles. The highest BCUT2D eigenvalue weighted by molar-refractivity contribution is 14.0. The molecule has 0 spiro atoms. The van der Waals surface area contributed by atoms with Crippen LogP contribution in [0.5, 0.6) is 5.88 Å². The molecule has 1 unspecified atom stereocenters. The summed E-state index contributed by atoms with van der Waals surface area (Å²) in [4.78, 5) is 8.56. The quantitative estimate of drug-likeness (QED) is 0.397. The predicted octanol–water partition coefficient (Wildman–Crippen LogP) is 3.05. The first kappa shape index (κ1) is 20.3. The standard InChI is InChI=1S/C16H26N4OS.HI/c1-4-21-14-13(7-5-9-18-14)11-19-15(17-3)20-12-16(2)8-6-10-22-16;/h5,7,9H,4,6,8,10-12H2,1-3H3,(H2,17,19,20);1H. The molecular formula is C16H27IN4OS. The highest BCUT2D eigenvalue weighted by Crippen LogP contribution is 2.36. The molecule has 1 aromatic rings. The molecule has 0 aromatic carbocycles. The Hall–Kier alpha value is -0.700. The van der Waals surface area contributed by atoms with Gasteiger partial charge >= 0.3 is 0 Å².